The lowest BCUT2D eigenvalue weighted by atomic mass is 9.54. The fourth-order valence-corrected chi connectivity index (χ4v) is 3.44. The SMILES string of the molecule is CCOC1CC(N)(C(=O)Nc2cccc(NC(=O)c3ccncc3)c2)C1(C)C. The van der Waals surface area contributed by atoms with Gasteiger partial charge in [0.1, 0.15) is 5.54 Å². The third-order valence-electron chi connectivity index (χ3n) is 5.56. The highest BCUT2D eigenvalue weighted by molar-refractivity contribution is 6.05. The van der Waals surface area contributed by atoms with Crippen LogP contribution in [0.4, 0.5) is 11.4 Å². The average Bonchev–Trinajstić information content (AvgIpc) is 2.68. The number of nitrogens with one attached hydrogen (secondary N) is 2. The number of aromatic nitrogens is 1. The van der Waals surface area contributed by atoms with Crippen LogP contribution in [0.5, 0.6) is 0 Å². The van der Waals surface area contributed by atoms with E-state index in [9.17, 15) is 9.59 Å². The van der Waals surface area contributed by atoms with Crippen LogP contribution in [0.15, 0.2) is 48.8 Å². The van der Waals surface area contributed by atoms with Gasteiger partial charge in [-0.15, -0.1) is 0 Å². The second-order valence-electron chi connectivity index (χ2n) is 7.57. The van der Waals surface area contributed by atoms with Crippen molar-refractivity contribution in [3.05, 3.63) is 54.4 Å². The van der Waals surface area contributed by atoms with Gasteiger partial charge in [0.2, 0.25) is 5.91 Å². The van der Waals surface area contributed by atoms with Crippen molar-refractivity contribution >= 4 is 23.2 Å². The maximum absolute atomic E-state index is 12.9. The highest BCUT2D eigenvalue weighted by atomic mass is 16.5. The molecule has 2 aromatic rings. The van der Waals surface area contributed by atoms with Gasteiger partial charge in [0.05, 0.1) is 6.10 Å². The smallest absolute Gasteiger partial charge is 0.255 e. The standard InChI is InChI=1S/C21H26N4O3/c1-4-28-17-13-21(22,20(17,2)3)19(27)25-16-7-5-6-15(12-16)24-18(26)14-8-10-23-11-9-14/h5-12,17H,4,13,22H2,1-3H3,(H,24,26)(H,25,27). The summed E-state index contributed by atoms with van der Waals surface area (Å²) in [7, 11) is 0. The maximum Gasteiger partial charge on any atom is 0.255 e. The predicted molar refractivity (Wildman–Crippen MR) is 108 cm³/mol. The zero-order valence-electron chi connectivity index (χ0n) is 16.4. The summed E-state index contributed by atoms with van der Waals surface area (Å²) in [6.45, 7) is 6.41. The lowest BCUT2D eigenvalue weighted by Gasteiger charge is -2.57. The van der Waals surface area contributed by atoms with E-state index >= 15 is 0 Å². The second-order valence-corrected chi connectivity index (χ2v) is 7.57. The minimum Gasteiger partial charge on any atom is -0.378 e. The van der Waals surface area contributed by atoms with Crippen LogP contribution in [-0.4, -0.2) is 35.0 Å². The lowest BCUT2D eigenvalue weighted by molar-refractivity contribution is -0.166. The number of benzene rings is 1. The topological polar surface area (TPSA) is 106 Å². The van der Waals surface area contributed by atoms with Crippen LogP contribution in [0.2, 0.25) is 0 Å². The summed E-state index contributed by atoms with van der Waals surface area (Å²) in [6.07, 6.45) is 3.54. The highest BCUT2D eigenvalue weighted by Gasteiger charge is 2.62. The van der Waals surface area contributed by atoms with E-state index in [2.05, 4.69) is 15.6 Å². The van der Waals surface area contributed by atoms with Crippen molar-refractivity contribution in [1.82, 2.24) is 4.98 Å². The van der Waals surface area contributed by atoms with E-state index in [4.69, 9.17) is 10.5 Å². The van der Waals surface area contributed by atoms with Gasteiger partial charge in [-0.1, -0.05) is 19.9 Å². The molecule has 1 saturated carbocycles. The number of amides is 2. The van der Waals surface area contributed by atoms with Gasteiger partial charge in [-0.25, -0.2) is 0 Å². The molecule has 2 amide bonds. The van der Waals surface area contributed by atoms with Gasteiger partial charge < -0.3 is 21.1 Å². The van der Waals surface area contributed by atoms with Crippen LogP contribution in [0.3, 0.4) is 0 Å². The third-order valence-corrected chi connectivity index (χ3v) is 5.56. The van der Waals surface area contributed by atoms with Crippen molar-refractivity contribution in [2.24, 2.45) is 11.1 Å². The van der Waals surface area contributed by atoms with Gasteiger partial charge >= 0.3 is 0 Å². The summed E-state index contributed by atoms with van der Waals surface area (Å²) in [5.41, 5.74) is 6.58. The summed E-state index contributed by atoms with van der Waals surface area (Å²) in [4.78, 5) is 29.0. The molecule has 0 aliphatic heterocycles. The van der Waals surface area contributed by atoms with Crippen LogP contribution in [0.25, 0.3) is 0 Å². The van der Waals surface area contributed by atoms with Gasteiger partial charge in [-0.05, 0) is 37.3 Å². The molecule has 3 rings (SSSR count). The van der Waals surface area contributed by atoms with Gasteiger partial charge in [0.25, 0.3) is 5.91 Å². The number of hydrogen-bond donors (Lipinski definition) is 3. The van der Waals surface area contributed by atoms with E-state index in [0.717, 1.165) is 0 Å². The average molecular weight is 382 g/mol. The Balaban J connectivity index is 1.68. The lowest BCUT2D eigenvalue weighted by Crippen LogP contribution is -2.74. The van der Waals surface area contributed by atoms with Gasteiger partial charge in [0, 0.05) is 47.8 Å². The molecule has 0 saturated heterocycles. The summed E-state index contributed by atoms with van der Waals surface area (Å²) >= 11 is 0. The molecule has 1 fully saturated rings. The fraction of sp³-hybridized carbons (Fsp3) is 0.381. The number of carbonyl (C=O) groups excluding carboxylic acids is 2. The van der Waals surface area contributed by atoms with E-state index in [1.54, 1.807) is 48.8 Å². The van der Waals surface area contributed by atoms with E-state index in [-0.39, 0.29) is 17.9 Å². The normalized spacial score (nSPS) is 22.8. The summed E-state index contributed by atoms with van der Waals surface area (Å²) in [5, 5.41) is 5.68. The molecule has 2 atom stereocenters. The van der Waals surface area contributed by atoms with Crippen molar-refractivity contribution < 1.29 is 14.3 Å². The van der Waals surface area contributed by atoms with Crippen LogP contribution < -0.4 is 16.4 Å². The molecule has 0 bridgehead atoms. The Morgan fingerprint density at radius 3 is 2.43 bits per heavy atom. The number of ether oxygens (including phenoxy) is 1. The fourth-order valence-electron chi connectivity index (χ4n) is 3.44. The first-order chi connectivity index (χ1) is 13.3. The molecule has 2 unspecified atom stereocenters. The molecule has 0 spiro atoms. The van der Waals surface area contributed by atoms with Gasteiger partial charge in [-0.3, -0.25) is 14.6 Å². The van der Waals surface area contributed by atoms with Gasteiger partial charge in [0.15, 0.2) is 0 Å². The van der Waals surface area contributed by atoms with E-state index < -0.39 is 11.0 Å². The molecule has 0 radical (unpaired) electrons. The van der Waals surface area contributed by atoms with Crippen LogP contribution in [-0.2, 0) is 9.53 Å². The van der Waals surface area contributed by atoms with Crippen molar-refractivity contribution in [2.45, 2.75) is 38.8 Å². The van der Waals surface area contributed by atoms with Crippen LogP contribution in [0.1, 0.15) is 37.6 Å². The first-order valence-corrected chi connectivity index (χ1v) is 9.31. The monoisotopic (exact) mass is 382 g/mol. The Kier molecular flexibility index (Phi) is 5.49. The summed E-state index contributed by atoms with van der Waals surface area (Å²) in [6, 6.07) is 10.2. The minimum atomic E-state index is -1.01. The van der Waals surface area contributed by atoms with E-state index in [0.29, 0.717) is 30.0 Å². The molecule has 7 heteroatoms. The van der Waals surface area contributed by atoms with Crippen LogP contribution >= 0.6 is 0 Å². The largest absolute Gasteiger partial charge is 0.378 e. The third kappa shape index (κ3) is 3.63. The molecule has 1 aliphatic carbocycles. The quantitative estimate of drug-likeness (QED) is 0.712. The van der Waals surface area contributed by atoms with Gasteiger partial charge in [-0.2, -0.15) is 0 Å². The second kappa shape index (κ2) is 7.69. The Morgan fingerprint density at radius 2 is 1.82 bits per heavy atom. The number of rotatable bonds is 6. The predicted octanol–water partition coefficient (Wildman–Crippen LogP) is 2.80. The zero-order chi connectivity index (χ0) is 20.4. The van der Waals surface area contributed by atoms with Crippen molar-refractivity contribution in [3.8, 4) is 0 Å². The molecule has 1 aliphatic rings. The number of nitrogens with two attached hydrogens (primary N) is 1. The number of anilines is 2. The first kappa shape index (κ1) is 20.0. The highest BCUT2D eigenvalue weighted by Crippen LogP contribution is 2.50. The van der Waals surface area contributed by atoms with Crippen LogP contribution in [0, 0.1) is 5.41 Å². The van der Waals surface area contributed by atoms with Crippen molar-refractivity contribution in [1.29, 1.82) is 0 Å². The molecular formula is C21H26N4O3. The Bertz CT molecular complexity index is 869. The van der Waals surface area contributed by atoms with E-state index in [1.807, 2.05) is 20.8 Å². The Labute approximate surface area is 164 Å². The molecule has 1 aromatic heterocycles. The number of hydrogen-bond acceptors (Lipinski definition) is 5. The molecule has 28 heavy (non-hydrogen) atoms. The molecule has 1 heterocycles. The molecule has 7 nitrogen and oxygen atoms in total. The number of carbonyl (C=O) groups is 2. The molecular weight excluding hydrogens is 356 g/mol. The Hall–Kier alpha value is -2.77. The maximum atomic E-state index is 12.9. The Morgan fingerprint density at radius 1 is 1.18 bits per heavy atom. The number of pyridine rings is 1. The number of nitrogens with zero attached hydrogens (tertiary/aromatic N) is 1. The minimum absolute atomic E-state index is 0.0424. The molecule has 148 valence electrons. The zero-order valence-corrected chi connectivity index (χ0v) is 16.4. The summed E-state index contributed by atoms with van der Waals surface area (Å²) < 4.78 is 5.68. The van der Waals surface area contributed by atoms with E-state index in [1.165, 1.54) is 0 Å². The molecule has 1 aromatic carbocycles. The van der Waals surface area contributed by atoms with Crippen molar-refractivity contribution in [2.75, 3.05) is 17.2 Å². The molecule has 4 N–H and O–H groups in total. The summed E-state index contributed by atoms with van der Waals surface area (Å²) in [5.74, 6) is -0.507. The van der Waals surface area contributed by atoms with Crippen molar-refractivity contribution in [3.63, 3.8) is 0 Å². The first-order valence-electron chi connectivity index (χ1n) is 9.31.